The Morgan fingerprint density at radius 3 is 2.56 bits per heavy atom. The highest BCUT2D eigenvalue weighted by molar-refractivity contribution is 7.98. The molecule has 0 unspecified atom stereocenters. The molecule has 0 aliphatic heterocycles. The molecule has 0 amide bonds. The van der Waals surface area contributed by atoms with Crippen LogP contribution in [-0.4, -0.2) is 6.26 Å². The molecule has 2 rings (SSSR count). The van der Waals surface area contributed by atoms with Gasteiger partial charge in [0, 0.05) is 24.3 Å². The molecule has 0 spiro atoms. The van der Waals surface area contributed by atoms with Crippen molar-refractivity contribution in [1.29, 1.82) is 0 Å². The van der Waals surface area contributed by atoms with E-state index in [9.17, 15) is 5.11 Å². The van der Waals surface area contributed by atoms with Gasteiger partial charge in [-0.25, -0.2) is 4.57 Å². The first kappa shape index (κ1) is 13.0. The minimum absolute atomic E-state index is 0.151. The van der Waals surface area contributed by atoms with Crippen molar-refractivity contribution in [2.45, 2.75) is 24.8 Å². The van der Waals surface area contributed by atoms with E-state index >= 15 is 0 Å². The Kier molecular flexibility index (Phi) is 4.26. The quantitative estimate of drug-likeness (QED) is 0.622. The van der Waals surface area contributed by atoms with Crippen molar-refractivity contribution in [3.63, 3.8) is 0 Å². The molecule has 0 bridgehead atoms. The van der Waals surface area contributed by atoms with Crippen molar-refractivity contribution >= 4 is 11.8 Å². The summed E-state index contributed by atoms with van der Waals surface area (Å²) in [4.78, 5) is 0.823. The Morgan fingerprint density at radius 1 is 1.17 bits per heavy atom. The molecule has 1 aromatic carbocycles. The van der Waals surface area contributed by atoms with Crippen LogP contribution in [0.2, 0.25) is 0 Å². The van der Waals surface area contributed by atoms with E-state index < -0.39 is 0 Å². The van der Waals surface area contributed by atoms with E-state index in [4.69, 9.17) is 0 Å². The third kappa shape index (κ3) is 2.85. The Hall–Kier alpha value is -1.48. The maximum absolute atomic E-state index is 12.0. The average molecular weight is 259 g/mol. The highest BCUT2D eigenvalue weighted by Gasteiger charge is 2.09. The van der Waals surface area contributed by atoms with Gasteiger partial charge in [0.25, 0.3) is 0 Å². The summed E-state index contributed by atoms with van der Waals surface area (Å²) in [6.07, 6.45) is 4.89. The van der Waals surface area contributed by atoms with Crippen LogP contribution in [-0.2, 0) is 13.0 Å². The summed E-state index contributed by atoms with van der Waals surface area (Å²) in [5.74, 6) is 0.151. The number of nitrogens with zero attached hydrogens (tertiary/aromatic N) is 1. The molecule has 0 atom stereocenters. The van der Waals surface area contributed by atoms with Crippen LogP contribution in [0.4, 0.5) is 0 Å². The zero-order chi connectivity index (χ0) is 13.0. The second-order valence-corrected chi connectivity index (χ2v) is 5.08. The van der Waals surface area contributed by atoms with E-state index in [0.29, 0.717) is 0 Å². The second kappa shape index (κ2) is 5.91. The molecule has 2 aromatic rings. The van der Waals surface area contributed by atoms with Crippen molar-refractivity contribution < 1.29 is 9.67 Å². The summed E-state index contributed by atoms with van der Waals surface area (Å²) in [6, 6.07) is 12.2. The lowest BCUT2D eigenvalue weighted by atomic mass is 10.1. The number of rotatable bonds is 4. The summed E-state index contributed by atoms with van der Waals surface area (Å²) in [5.41, 5.74) is 2.11. The van der Waals surface area contributed by atoms with Gasteiger partial charge in [-0.15, -0.1) is 11.8 Å². The fourth-order valence-corrected chi connectivity index (χ4v) is 2.48. The van der Waals surface area contributed by atoms with Gasteiger partial charge in [0.1, 0.15) is 0 Å². The Morgan fingerprint density at radius 2 is 1.89 bits per heavy atom. The van der Waals surface area contributed by atoms with Crippen LogP contribution in [0.25, 0.3) is 0 Å². The van der Waals surface area contributed by atoms with Crippen LogP contribution < -0.4 is 9.67 Å². The van der Waals surface area contributed by atoms with Crippen LogP contribution in [0.15, 0.2) is 47.5 Å². The van der Waals surface area contributed by atoms with E-state index in [1.807, 2.05) is 48.2 Å². The van der Waals surface area contributed by atoms with Crippen LogP contribution in [0.5, 0.6) is 5.75 Å². The predicted octanol–water partition coefficient (Wildman–Crippen LogP) is 2.32. The fraction of sp³-hybridized carbons (Fsp3) is 0.267. The minimum atomic E-state index is 0.151. The molecule has 0 aliphatic carbocycles. The Bertz CT molecular complexity index is 526. The number of thioether (sulfide) groups is 1. The zero-order valence-electron chi connectivity index (χ0n) is 10.7. The first-order chi connectivity index (χ1) is 8.72. The molecule has 0 fully saturated rings. The lowest BCUT2D eigenvalue weighted by molar-refractivity contribution is -0.705. The highest BCUT2D eigenvalue weighted by Crippen LogP contribution is 2.24. The summed E-state index contributed by atoms with van der Waals surface area (Å²) < 4.78 is 2.04. The number of pyridine rings is 1. The molecule has 2 nitrogen and oxygen atoms in total. The summed E-state index contributed by atoms with van der Waals surface area (Å²) in [7, 11) is 0. The fourth-order valence-electron chi connectivity index (χ4n) is 1.95. The molecule has 0 N–H and O–H groups in total. The molecule has 0 aliphatic rings. The Labute approximate surface area is 112 Å². The first-order valence-corrected chi connectivity index (χ1v) is 7.23. The van der Waals surface area contributed by atoms with E-state index in [1.165, 1.54) is 17.3 Å². The smallest absolute Gasteiger partial charge is 0.171 e. The van der Waals surface area contributed by atoms with Gasteiger partial charge in [-0.1, -0.05) is 30.3 Å². The SMILES string of the molecule is CSc1cc[n+](CCc2ccccc2)c(C)c1[O-]. The summed E-state index contributed by atoms with van der Waals surface area (Å²) >= 11 is 1.51. The average Bonchev–Trinajstić information content (AvgIpc) is 2.42. The summed E-state index contributed by atoms with van der Waals surface area (Å²) in [6.45, 7) is 2.74. The highest BCUT2D eigenvalue weighted by atomic mass is 32.2. The molecule has 1 aromatic heterocycles. The predicted molar refractivity (Wildman–Crippen MR) is 72.7 cm³/mol. The van der Waals surface area contributed by atoms with Crippen LogP contribution in [0.3, 0.4) is 0 Å². The number of aromatic nitrogens is 1. The number of aryl methyl sites for hydroxylation is 2. The third-order valence-corrected chi connectivity index (χ3v) is 3.85. The maximum atomic E-state index is 12.0. The standard InChI is InChI=1S/C15H17NOS/c1-12-15(17)14(18-2)9-11-16(12)10-8-13-6-4-3-5-7-13/h3-7,9,11H,8,10H2,1-2H3. The largest absolute Gasteiger partial charge is 0.867 e. The molecule has 18 heavy (non-hydrogen) atoms. The molecule has 0 radical (unpaired) electrons. The lowest BCUT2D eigenvalue weighted by Crippen LogP contribution is -2.38. The molecular formula is C15H17NOS. The zero-order valence-corrected chi connectivity index (χ0v) is 11.5. The lowest BCUT2D eigenvalue weighted by Gasteiger charge is -2.13. The first-order valence-electron chi connectivity index (χ1n) is 6.00. The molecule has 3 heteroatoms. The van der Waals surface area contributed by atoms with Crippen molar-refractivity contribution in [2.24, 2.45) is 0 Å². The van der Waals surface area contributed by atoms with Crippen LogP contribution in [0, 0.1) is 6.92 Å². The van der Waals surface area contributed by atoms with Gasteiger partial charge in [-0.05, 0) is 17.6 Å². The number of hydrogen-bond acceptors (Lipinski definition) is 2. The molecular weight excluding hydrogens is 242 g/mol. The Balaban J connectivity index is 2.13. The molecule has 1 heterocycles. The van der Waals surface area contributed by atoms with Crippen LogP contribution in [0.1, 0.15) is 11.3 Å². The summed E-state index contributed by atoms with van der Waals surface area (Å²) in [5, 5.41) is 12.0. The van der Waals surface area contributed by atoms with E-state index in [1.54, 1.807) is 0 Å². The van der Waals surface area contributed by atoms with E-state index in [2.05, 4.69) is 12.1 Å². The number of hydrogen-bond donors (Lipinski definition) is 0. The van der Waals surface area contributed by atoms with Gasteiger partial charge in [-0.2, -0.15) is 0 Å². The van der Waals surface area contributed by atoms with Gasteiger partial charge in [0.2, 0.25) is 0 Å². The van der Waals surface area contributed by atoms with E-state index in [0.717, 1.165) is 23.6 Å². The van der Waals surface area contributed by atoms with Gasteiger partial charge < -0.3 is 5.11 Å². The third-order valence-electron chi connectivity index (χ3n) is 3.09. The monoisotopic (exact) mass is 259 g/mol. The molecule has 0 saturated carbocycles. The van der Waals surface area contributed by atoms with E-state index in [-0.39, 0.29) is 5.75 Å². The number of benzene rings is 1. The van der Waals surface area contributed by atoms with Gasteiger partial charge in [0.05, 0.1) is 0 Å². The van der Waals surface area contributed by atoms with Crippen molar-refractivity contribution in [3.05, 3.63) is 53.9 Å². The van der Waals surface area contributed by atoms with Gasteiger partial charge in [-0.3, -0.25) is 0 Å². The normalized spacial score (nSPS) is 10.6. The molecule has 94 valence electrons. The topological polar surface area (TPSA) is 26.9 Å². The van der Waals surface area contributed by atoms with Crippen molar-refractivity contribution in [1.82, 2.24) is 0 Å². The van der Waals surface area contributed by atoms with Gasteiger partial charge in [0.15, 0.2) is 18.4 Å². The van der Waals surface area contributed by atoms with Crippen LogP contribution >= 0.6 is 11.8 Å². The second-order valence-electron chi connectivity index (χ2n) is 4.23. The van der Waals surface area contributed by atoms with Crippen molar-refractivity contribution in [3.8, 4) is 5.75 Å². The molecule has 0 saturated heterocycles. The van der Waals surface area contributed by atoms with Crippen molar-refractivity contribution in [2.75, 3.05) is 6.26 Å². The van der Waals surface area contributed by atoms with Gasteiger partial charge >= 0.3 is 0 Å². The minimum Gasteiger partial charge on any atom is -0.867 e. The maximum Gasteiger partial charge on any atom is 0.171 e.